The Morgan fingerprint density at radius 1 is 1.00 bits per heavy atom. The van der Waals surface area contributed by atoms with Gasteiger partial charge in [0.25, 0.3) is 0 Å². The first-order valence-electron chi connectivity index (χ1n) is 11.8. The van der Waals surface area contributed by atoms with Crippen molar-refractivity contribution in [1.82, 2.24) is 15.4 Å². The molecule has 2 atom stereocenters. The summed E-state index contributed by atoms with van der Waals surface area (Å²) in [5, 5.41) is 5.60. The average molecular weight is 461 g/mol. The monoisotopic (exact) mass is 460 g/mol. The summed E-state index contributed by atoms with van der Waals surface area (Å²) in [5.74, 6) is 3.43. The van der Waals surface area contributed by atoms with Crippen molar-refractivity contribution in [3.05, 3.63) is 71.3 Å². The molecule has 0 bridgehead atoms. The van der Waals surface area contributed by atoms with Crippen LogP contribution in [0.25, 0.3) is 0 Å². The van der Waals surface area contributed by atoms with Crippen LogP contribution in [0, 0.1) is 0 Å². The van der Waals surface area contributed by atoms with Gasteiger partial charge in [0.1, 0.15) is 11.6 Å². The molecule has 34 heavy (non-hydrogen) atoms. The van der Waals surface area contributed by atoms with Crippen LogP contribution in [0.4, 0.5) is 17.6 Å². The van der Waals surface area contributed by atoms with Gasteiger partial charge in [0.2, 0.25) is 5.95 Å². The molecule has 0 amide bonds. The second-order valence-corrected chi connectivity index (χ2v) is 8.92. The van der Waals surface area contributed by atoms with E-state index in [2.05, 4.69) is 64.0 Å². The number of ether oxygens (including phenoxy) is 2. The van der Waals surface area contributed by atoms with E-state index in [1.165, 1.54) is 16.7 Å². The van der Waals surface area contributed by atoms with Crippen molar-refractivity contribution in [1.29, 1.82) is 0 Å². The fourth-order valence-electron chi connectivity index (χ4n) is 4.69. The van der Waals surface area contributed by atoms with Crippen molar-refractivity contribution in [2.75, 3.05) is 42.6 Å². The number of aromatic nitrogens is 2. The number of hydrazine groups is 1. The minimum Gasteiger partial charge on any atom is -0.497 e. The summed E-state index contributed by atoms with van der Waals surface area (Å²) in [5.41, 5.74) is 7.33. The Morgan fingerprint density at radius 3 is 2.47 bits per heavy atom. The number of rotatable bonds is 9. The van der Waals surface area contributed by atoms with E-state index in [1.807, 2.05) is 18.2 Å². The molecule has 2 aromatic carbocycles. The van der Waals surface area contributed by atoms with Crippen molar-refractivity contribution in [2.24, 2.45) is 0 Å². The first-order valence-corrected chi connectivity index (χ1v) is 11.8. The SMILES string of the molecule is COC[C@H](C)Nc1nc2c3c(n1)N(Cc1ccccc1)NC3CCN2Cc1ccc(OC)cc1. The quantitative estimate of drug-likeness (QED) is 0.498. The smallest absolute Gasteiger partial charge is 0.226 e. The number of benzene rings is 2. The fraction of sp³-hybridized carbons (Fsp3) is 0.385. The summed E-state index contributed by atoms with van der Waals surface area (Å²) in [6.07, 6.45) is 0.998. The first kappa shape index (κ1) is 22.4. The van der Waals surface area contributed by atoms with E-state index in [4.69, 9.17) is 19.4 Å². The third-order valence-electron chi connectivity index (χ3n) is 6.32. The van der Waals surface area contributed by atoms with Gasteiger partial charge in [-0.3, -0.25) is 5.01 Å². The molecule has 0 spiro atoms. The summed E-state index contributed by atoms with van der Waals surface area (Å²) in [7, 11) is 3.40. The Balaban J connectivity index is 1.48. The Labute approximate surface area is 200 Å². The van der Waals surface area contributed by atoms with Gasteiger partial charge >= 0.3 is 0 Å². The third-order valence-corrected chi connectivity index (χ3v) is 6.32. The first-order chi connectivity index (χ1) is 16.6. The van der Waals surface area contributed by atoms with E-state index in [0.717, 1.165) is 43.4 Å². The van der Waals surface area contributed by atoms with E-state index in [-0.39, 0.29) is 12.1 Å². The summed E-state index contributed by atoms with van der Waals surface area (Å²) in [4.78, 5) is 12.3. The van der Waals surface area contributed by atoms with Crippen LogP contribution < -0.4 is 25.4 Å². The molecule has 8 nitrogen and oxygen atoms in total. The van der Waals surface area contributed by atoms with E-state index in [9.17, 15) is 0 Å². The Bertz CT molecular complexity index is 1110. The molecule has 2 N–H and O–H groups in total. The average Bonchev–Trinajstić information content (AvgIpc) is 3.20. The zero-order valence-electron chi connectivity index (χ0n) is 20.0. The molecule has 0 radical (unpaired) electrons. The lowest BCUT2D eigenvalue weighted by atomic mass is 10.0. The van der Waals surface area contributed by atoms with Gasteiger partial charge in [-0.2, -0.15) is 9.97 Å². The maximum Gasteiger partial charge on any atom is 0.226 e. The van der Waals surface area contributed by atoms with Crippen LogP contribution in [0.15, 0.2) is 54.6 Å². The lowest BCUT2D eigenvalue weighted by Crippen LogP contribution is -2.37. The molecule has 2 aliphatic rings. The second kappa shape index (κ2) is 9.87. The summed E-state index contributed by atoms with van der Waals surface area (Å²) >= 11 is 0. The van der Waals surface area contributed by atoms with Crippen LogP contribution in [0.3, 0.4) is 0 Å². The van der Waals surface area contributed by atoms with Crippen LogP contribution in [0.2, 0.25) is 0 Å². The topological polar surface area (TPSA) is 74.8 Å². The lowest BCUT2D eigenvalue weighted by Gasteiger charge is -2.32. The molecule has 8 heteroatoms. The van der Waals surface area contributed by atoms with Crippen molar-refractivity contribution in [3.8, 4) is 5.75 Å². The van der Waals surface area contributed by atoms with Crippen LogP contribution in [0.1, 0.15) is 36.1 Å². The van der Waals surface area contributed by atoms with Crippen molar-refractivity contribution in [2.45, 2.75) is 38.5 Å². The molecule has 5 rings (SSSR count). The van der Waals surface area contributed by atoms with Gasteiger partial charge in [-0.05, 0) is 36.6 Å². The van der Waals surface area contributed by atoms with E-state index >= 15 is 0 Å². The van der Waals surface area contributed by atoms with Gasteiger partial charge in [0.05, 0.1) is 31.9 Å². The molecule has 2 aliphatic heterocycles. The van der Waals surface area contributed by atoms with Crippen molar-refractivity contribution in [3.63, 3.8) is 0 Å². The highest BCUT2D eigenvalue weighted by Gasteiger charge is 2.38. The molecule has 3 heterocycles. The Morgan fingerprint density at radius 2 is 1.74 bits per heavy atom. The van der Waals surface area contributed by atoms with Gasteiger partial charge in [0.15, 0.2) is 5.82 Å². The fourth-order valence-corrected chi connectivity index (χ4v) is 4.69. The largest absolute Gasteiger partial charge is 0.497 e. The molecular weight excluding hydrogens is 428 g/mol. The Kier molecular flexibility index (Phi) is 6.51. The number of methoxy groups -OCH3 is 2. The maximum atomic E-state index is 5.32. The highest BCUT2D eigenvalue weighted by atomic mass is 16.5. The standard InChI is InChI=1S/C26H32N6O2/c1-18(17-33-2)27-26-28-24-23-22(13-14-31(24)15-20-9-11-21(34-3)12-10-20)30-32(25(23)29-26)16-19-7-5-4-6-8-19/h4-12,18,22,30H,13-17H2,1-3H3,(H,27,28,29)/t18-,22?/m0/s1. The molecule has 0 saturated carbocycles. The van der Waals surface area contributed by atoms with Gasteiger partial charge in [-0.25, -0.2) is 5.43 Å². The van der Waals surface area contributed by atoms with Crippen LogP contribution >= 0.6 is 0 Å². The highest BCUT2D eigenvalue weighted by molar-refractivity contribution is 5.68. The van der Waals surface area contributed by atoms with Crippen molar-refractivity contribution >= 4 is 17.6 Å². The molecule has 3 aromatic rings. The molecular formula is C26H32N6O2. The van der Waals surface area contributed by atoms with Gasteiger partial charge < -0.3 is 19.7 Å². The molecule has 0 aliphatic carbocycles. The van der Waals surface area contributed by atoms with Gasteiger partial charge in [-0.1, -0.05) is 42.5 Å². The minimum absolute atomic E-state index is 0.0987. The number of nitrogens with one attached hydrogen (secondary N) is 2. The molecule has 178 valence electrons. The van der Waals surface area contributed by atoms with E-state index in [0.29, 0.717) is 12.6 Å². The predicted octanol–water partition coefficient (Wildman–Crippen LogP) is 3.91. The highest BCUT2D eigenvalue weighted by Crippen LogP contribution is 2.44. The summed E-state index contributed by atoms with van der Waals surface area (Å²) in [6, 6.07) is 19.0. The third kappa shape index (κ3) is 4.64. The number of hydrogen-bond acceptors (Lipinski definition) is 8. The van der Waals surface area contributed by atoms with Crippen LogP contribution in [0.5, 0.6) is 5.75 Å². The summed E-state index contributed by atoms with van der Waals surface area (Å²) < 4.78 is 10.6. The number of nitrogens with zero attached hydrogens (tertiary/aromatic N) is 4. The lowest BCUT2D eigenvalue weighted by molar-refractivity contribution is 0.190. The van der Waals surface area contributed by atoms with Gasteiger partial charge in [0, 0.05) is 26.2 Å². The molecule has 1 unspecified atom stereocenters. The van der Waals surface area contributed by atoms with Gasteiger partial charge in [-0.15, -0.1) is 0 Å². The minimum atomic E-state index is 0.0987. The maximum absolute atomic E-state index is 5.32. The second-order valence-electron chi connectivity index (χ2n) is 8.92. The van der Waals surface area contributed by atoms with Crippen LogP contribution in [-0.4, -0.2) is 43.4 Å². The normalized spacial score (nSPS) is 17.4. The Hall–Kier alpha value is -3.36. The summed E-state index contributed by atoms with van der Waals surface area (Å²) in [6.45, 7) is 5.10. The zero-order chi connectivity index (χ0) is 23.5. The van der Waals surface area contributed by atoms with Crippen molar-refractivity contribution < 1.29 is 9.47 Å². The number of hydrogen-bond donors (Lipinski definition) is 2. The predicted molar refractivity (Wildman–Crippen MR) is 134 cm³/mol. The molecule has 1 aromatic heterocycles. The molecule has 0 fully saturated rings. The van der Waals surface area contributed by atoms with E-state index in [1.54, 1.807) is 14.2 Å². The zero-order valence-corrected chi connectivity index (χ0v) is 20.0. The molecule has 0 saturated heterocycles. The number of anilines is 3. The van der Waals surface area contributed by atoms with Crippen LogP contribution in [-0.2, 0) is 17.8 Å². The van der Waals surface area contributed by atoms with E-state index < -0.39 is 0 Å².